The Hall–Kier alpha value is -2.46. The molecular weight excluding hydrogens is 366 g/mol. The molecule has 0 saturated carbocycles. The molecule has 9 nitrogen and oxygen atoms in total. The summed E-state index contributed by atoms with van der Waals surface area (Å²) in [7, 11) is 3.92. The SMILES string of the molecule is Cc1ccc(NC(=O)NC(=O)C(C)Sc2nnnn2CCN(C)C)c(C)c1. The number of tetrazole rings is 1. The van der Waals surface area contributed by atoms with Crippen molar-refractivity contribution in [2.45, 2.75) is 37.7 Å². The van der Waals surface area contributed by atoms with Gasteiger partial charge in [0.15, 0.2) is 0 Å². The Morgan fingerprint density at radius 1 is 1.30 bits per heavy atom. The highest BCUT2D eigenvalue weighted by molar-refractivity contribution is 8.00. The van der Waals surface area contributed by atoms with Gasteiger partial charge in [0, 0.05) is 12.2 Å². The zero-order chi connectivity index (χ0) is 20.0. The maximum Gasteiger partial charge on any atom is 0.325 e. The van der Waals surface area contributed by atoms with Gasteiger partial charge in [0.2, 0.25) is 11.1 Å². The molecule has 0 spiro atoms. The van der Waals surface area contributed by atoms with Crippen LogP contribution in [0.25, 0.3) is 0 Å². The molecule has 27 heavy (non-hydrogen) atoms. The fourth-order valence-electron chi connectivity index (χ4n) is 2.25. The molecule has 1 heterocycles. The summed E-state index contributed by atoms with van der Waals surface area (Å²) >= 11 is 1.21. The third-order valence-corrected chi connectivity index (χ3v) is 4.85. The first kappa shape index (κ1) is 20.8. The number of rotatable bonds is 7. The smallest absolute Gasteiger partial charge is 0.308 e. The molecule has 1 atom stereocenters. The molecule has 2 rings (SSSR count). The van der Waals surface area contributed by atoms with E-state index in [1.165, 1.54) is 11.8 Å². The van der Waals surface area contributed by atoms with Crippen molar-refractivity contribution in [1.29, 1.82) is 0 Å². The van der Waals surface area contributed by atoms with Gasteiger partial charge in [0.1, 0.15) is 0 Å². The Bertz CT molecular complexity index is 806. The molecule has 2 N–H and O–H groups in total. The Labute approximate surface area is 162 Å². The van der Waals surface area contributed by atoms with Crippen molar-refractivity contribution in [3.63, 3.8) is 0 Å². The zero-order valence-electron chi connectivity index (χ0n) is 16.2. The van der Waals surface area contributed by atoms with E-state index in [1.54, 1.807) is 11.6 Å². The number of amides is 3. The Kier molecular flexibility index (Phi) is 7.31. The van der Waals surface area contributed by atoms with Gasteiger partial charge in [0.25, 0.3) is 0 Å². The van der Waals surface area contributed by atoms with Crippen molar-refractivity contribution in [1.82, 2.24) is 30.4 Å². The lowest BCUT2D eigenvalue weighted by atomic mass is 10.1. The van der Waals surface area contributed by atoms with Crippen LogP contribution in [0.4, 0.5) is 10.5 Å². The first-order valence-corrected chi connectivity index (χ1v) is 9.41. The Morgan fingerprint density at radius 3 is 2.70 bits per heavy atom. The predicted octanol–water partition coefficient (Wildman–Crippen LogP) is 1.68. The number of anilines is 1. The molecule has 146 valence electrons. The number of benzene rings is 1. The number of urea groups is 1. The number of thioether (sulfide) groups is 1. The summed E-state index contributed by atoms with van der Waals surface area (Å²) < 4.78 is 1.64. The number of carbonyl (C=O) groups is 2. The molecule has 0 aliphatic rings. The largest absolute Gasteiger partial charge is 0.325 e. The van der Waals surface area contributed by atoms with Crippen LogP contribution < -0.4 is 10.6 Å². The van der Waals surface area contributed by atoms with E-state index in [1.807, 2.05) is 51.0 Å². The topological polar surface area (TPSA) is 105 Å². The van der Waals surface area contributed by atoms with E-state index >= 15 is 0 Å². The fraction of sp³-hybridized carbons (Fsp3) is 0.471. The Morgan fingerprint density at radius 2 is 2.04 bits per heavy atom. The van der Waals surface area contributed by atoms with Crippen molar-refractivity contribution >= 4 is 29.4 Å². The van der Waals surface area contributed by atoms with Crippen LogP contribution in [0, 0.1) is 13.8 Å². The number of aryl methyl sites for hydroxylation is 2. The van der Waals surface area contributed by atoms with Crippen LogP contribution in [0.1, 0.15) is 18.1 Å². The van der Waals surface area contributed by atoms with Crippen molar-refractivity contribution in [3.05, 3.63) is 29.3 Å². The van der Waals surface area contributed by atoms with Gasteiger partial charge < -0.3 is 10.2 Å². The summed E-state index contributed by atoms with van der Waals surface area (Å²) in [5.74, 6) is -0.413. The number of nitrogens with zero attached hydrogens (tertiary/aromatic N) is 5. The lowest BCUT2D eigenvalue weighted by molar-refractivity contribution is -0.119. The van der Waals surface area contributed by atoms with Crippen molar-refractivity contribution in [2.24, 2.45) is 0 Å². The quantitative estimate of drug-likeness (QED) is 0.692. The number of hydrogen-bond acceptors (Lipinski definition) is 7. The van der Waals surface area contributed by atoms with E-state index in [9.17, 15) is 9.59 Å². The second-order valence-corrected chi connectivity index (χ2v) is 7.82. The molecular formula is C17H25N7O2S. The first-order chi connectivity index (χ1) is 12.8. The summed E-state index contributed by atoms with van der Waals surface area (Å²) in [6.45, 7) is 6.97. The second-order valence-electron chi connectivity index (χ2n) is 6.51. The van der Waals surface area contributed by atoms with Gasteiger partial charge in [-0.15, -0.1) is 5.10 Å². The lowest BCUT2D eigenvalue weighted by Gasteiger charge is -2.13. The summed E-state index contributed by atoms with van der Waals surface area (Å²) in [6.07, 6.45) is 0. The molecule has 0 bridgehead atoms. The van der Waals surface area contributed by atoms with E-state index in [0.29, 0.717) is 17.4 Å². The number of imide groups is 1. The number of hydrogen-bond donors (Lipinski definition) is 2. The molecule has 1 aromatic heterocycles. The summed E-state index contributed by atoms with van der Waals surface area (Å²) in [6, 6.07) is 5.11. The van der Waals surface area contributed by atoms with Gasteiger partial charge in [-0.3, -0.25) is 10.1 Å². The third-order valence-electron chi connectivity index (χ3n) is 3.78. The highest BCUT2D eigenvalue weighted by atomic mass is 32.2. The van der Waals surface area contributed by atoms with Crippen molar-refractivity contribution < 1.29 is 9.59 Å². The van der Waals surface area contributed by atoms with Gasteiger partial charge in [-0.25, -0.2) is 9.48 Å². The van der Waals surface area contributed by atoms with E-state index in [0.717, 1.165) is 17.7 Å². The van der Waals surface area contributed by atoms with Crippen LogP contribution in [0.2, 0.25) is 0 Å². The lowest BCUT2D eigenvalue weighted by Crippen LogP contribution is -2.39. The van der Waals surface area contributed by atoms with Crippen LogP contribution in [-0.2, 0) is 11.3 Å². The second kappa shape index (κ2) is 9.47. The molecule has 10 heteroatoms. The van der Waals surface area contributed by atoms with E-state index in [-0.39, 0.29) is 0 Å². The molecule has 3 amide bonds. The average molecular weight is 392 g/mol. The molecule has 0 fully saturated rings. The van der Waals surface area contributed by atoms with Crippen LogP contribution >= 0.6 is 11.8 Å². The summed E-state index contributed by atoms with van der Waals surface area (Å²) in [5.41, 5.74) is 2.70. The van der Waals surface area contributed by atoms with Gasteiger partial charge in [-0.2, -0.15) is 0 Å². The fourth-order valence-corrected chi connectivity index (χ4v) is 3.06. The third kappa shape index (κ3) is 6.33. The van der Waals surface area contributed by atoms with E-state index in [2.05, 4.69) is 26.2 Å². The molecule has 0 saturated heterocycles. The highest BCUT2D eigenvalue weighted by Gasteiger charge is 2.20. The van der Waals surface area contributed by atoms with E-state index in [4.69, 9.17) is 0 Å². The number of likely N-dealkylation sites (N-methyl/N-ethyl adjacent to an activating group) is 1. The first-order valence-electron chi connectivity index (χ1n) is 8.53. The van der Waals surface area contributed by atoms with Crippen LogP contribution in [0.3, 0.4) is 0 Å². The molecule has 0 aliphatic heterocycles. The Balaban J connectivity index is 1.90. The zero-order valence-corrected chi connectivity index (χ0v) is 17.0. The van der Waals surface area contributed by atoms with Crippen molar-refractivity contribution in [3.8, 4) is 0 Å². The maximum absolute atomic E-state index is 12.3. The monoisotopic (exact) mass is 391 g/mol. The van der Waals surface area contributed by atoms with Crippen molar-refractivity contribution in [2.75, 3.05) is 26.0 Å². The molecule has 1 unspecified atom stereocenters. The summed E-state index contributed by atoms with van der Waals surface area (Å²) in [5, 5.41) is 16.6. The highest BCUT2D eigenvalue weighted by Crippen LogP contribution is 2.20. The van der Waals surface area contributed by atoms with Gasteiger partial charge in [-0.1, -0.05) is 29.5 Å². The van der Waals surface area contributed by atoms with Gasteiger partial charge in [-0.05, 0) is 56.9 Å². The van der Waals surface area contributed by atoms with Crippen LogP contribution in [0.5, 0.6) is 0 Å². The minimum absolute atomic E-state index is 0.413. The molecule has 2 aromatic rings. The molecule has 1 aromatic carbocycles. The number of carbonyl (C=O) groups excluding carboxylic acids is 2. The predicted molar refractivity (Wildman–Crippen MR) is 105 cm³/mol. The molecule has 0 radical (unpaired) electrons. The number of aromatic nitrogens is 4. The average Bonchev–Trinajstić information content (AvgIpc) is 3.02. The summed E-state index contributed by atoms with van der Waals surface area (Å²) in [4.78, 5) is 26.4. The van der Waals surface area contributed by atoms with E-state index < -0.39 is 17.2 Å². The number of nitrogens with one attached hydrogen (secondary N) is 2. The standard InChI is InChI=1S/C17H25N7O2S/c1-11-6-7-14(12(2)10-11)18-16(26)19-15(25)13(3)27-17-20-21-22-24(17)9-8-23(4)5/h6-7,10,13H,8-9H2,1-5H3,(H2,18,19,25,26). The van der Waals surface area contributed by atoms with Crippen LogP contribution in [0.15, 0.2) is 23.4 Å². The minimum Gasteiger partial charge on any atom is -0.308 e. The van der Waals surface area contributed by atoms with Gasteiger partial charge in [0.05, 0.1) is 11.8 Å². The normalized spacial score (nSPS) is 12.1. The van der Waals surface area contributed by atoms with Gasteiger partial charge >= 0.3 is 6.03 Å². The minimum atomic E-state index is -0.563. The molecule has 0 aliphatic carbocycles. The van der Waals surface area contributed by atoms with Crippen LogP contribution in [-0.4, -0.2) is 62.9 Å². The maximum atomic E-state index is 12.3.